The van der Waals surface area contributed by atoms with Gasteiger partial charge in [0, 0.05) is 12.6 Å². The summed E-state index contributed by atoms with van der Waals surface area (Å²) in [5, 5.41) is 11.2. The second-order valence-electron chi connectivity index (χ2n) is 7.85. The van der Waals surface area contributed by atoms with Gasteiger partial charge in [-0.1, -0.05) is 42.1 Å². The van der Waals surface area contributed by atoms with Crippen molar-refractivity contribution in [2.45, 2.75) is 43.9 Å². The molecule has 5 rings (SSSR count). The van der Waals surface area contributed by atoms with Crippen molar-refractivity contribution in [1.29, 1.82) is 0 Å². The molecule has 0 N–H and O–H groups in total. The number of likely N-dealkylation sites (tertiary alicyclic amines) is 1. The highest BCUT2D eigenvalue weighted by molar-refractivity contribution is 7.99. The van der Waals surface area contributed by atoms with E-state index in [9.17, 15) is 9.59 Å². The highest BCUT2D eigenvalue weighted by Crippen LogP contribution is 2.26. The zero-order valence-corrected chi connectivity index (χ0v) is 18.9. The fraction of sp³-hybridized carbons (Fsp3) is 0.364. The van der Waals surface area contributed by atoms with Crippen LogP contribution in [0.25, 0.3) is 16.0 Å². The maximum Gasteiger partial charge on any atom is 0.273 e. The summed E-state index contributed by atoms with van der Waals surface area (Å²) in [6.45, 7) is 3.36. The van der Waals surface area contributed by atoms with Crippen molar-refractivity contribution in [2.75, 3.05) is 12.3 Å². The molecule has 1 saturated heterocycles. The summed E-state index contributed by atoms with van der Waals surface area (Å²) in [4.78, 5) is 27.9. The van der Waals surface area contributed by atoms with E-state index in [1.165, 1.54) is 29.5 Å². The van der Waals surface area contributed by atoms with Crippen LogP contribution in [0.15, 0.2) is 51.7 Å². The van der Waals surface area contributed by atoms with Crippen LogP contribution in [0.3, 0.4) is 0 Å². The molecule has 31 heavy (non-hydrogen) atoms. The molecule has 1 amide bonds. The second-order valence-corrected chi connectivity index (χ2v) is 9.71. The molecule has 7 nitrogen and oxygen atoms in total. The van der Waals surface area contributed by atoms with E-state index in [1.807, 2.05) is 51.1 Å². The van der Waals surface area contributed by atoms with Crippen molar-refractivity contribution in [2.24, 2.45) is 0 Å². The summed E-state index contributed by atoms with van der Waals surface area (Å²) in [6, 6.07) is 12.1. The maximum atomic E-state index is 13.2. The highest BCUT2D eigenvalue weighted by atomic mass is 32.2. The van der Waals surface area contributed by atoms with Gasteiger partial charge >= 0.3 is 0 Å². The minimum Gasteiger partial charge on any atom is -0.339 e. The Morgan fingerprint density at radius 3 is 2.84 bits per heavy atom. The first-order valence-corrected chi connectivity index (χ1v) is 12.3. The number of thiophene rings is 1. The van der Waals surface area contributed by atoms with Gasteiger partial charge in [0.1, 0.15) is 4.70 Å². The highest BCUT2D eigenvalue weighted by Gasteiger charge is 2.24. The SMILES string of the molecule is CC1CCCCN1C(=O)CSc1nnc2n(Cc3ccccc3)c(=O)c3sccc3n12. The predicted octanol–water partition coefficient (Wildman–Crippen LogP) is 3.65. The summed E-state index contributed by atoms with van der Waals surface area (Å²) in [5.41, 5.74) is 1.75. The molecule has 4 heterocycles. The summed E-state index contributed by atoms with van der Waals surface area (Å²) >= 11 is 2.81. The minimum atomic E-state index is -0.0662. The van der Waals surface area contributed by atoms with Crippen LogP contribution >= 0.6 is 23.1 Å². The summed E-state index contributed by atoms with van der Waals surface area (Å²) in [7, 11) is 0. The molecule has 1 atom stereocenters. The van der Waals surface area contributed by atoms with Gasteiger partial charge in [-0.15, -0.1) is 21.5 Å². The van der Waals surface area contributed by atoms with Gasteiger partial charge in [0.25, 0.3) is 5.56 Å². The van der Waals surface area contributed by atoms with Gasteiger partial charge in [-0.05, 0) is 43.2 Å². The van der Waals surface area contributed by atoms with Crippen molar-refractivity contribution < 1.29 is 4.79 Å². The third kappa shape index (κ3) is 3.76. The average molecular weight is 454 g/mol. The third-order valence-corrected chi connectivity index (χ3v) is 7.62. The molecule has 0 bridgehead atoms. The molecule has 0 radical (unpaired) electrons. The Kier molecular flexibility index (Phi) is 5.54. The van der Waals surface area contributed by atoms with Gasteiger partial charge in [0.2, 0.25) is 11.7 Å². The van der Waals surface area contributed by atoms with Gasteiger partial charge in [0.15, 0.2) is 5.16 Å². The first-order chi connectivity index (χ1) is 15.1. The van der Waals surface area contributed by atoms with E-state index in [-0.39, 0.29) is 17.5 Å². The van der Waals surface area contributed by atoms with Crippen LogP contribution in [0.5, 0.6) is 0 Å². The molecule has 4 aromatic rings. The van der Waals surface area contributed by atoms with E-state index in [1.54, 1.807) is 4.57 Å². The number of carbonyl (C=O) groups is 1. The average Bonchev–Trinajstić information content (AvgIpc) is 3.43. The first kappa shape index (κ1) is 20.3. The maximum absolute atomic E-state index is 13.2. The third-order valence-electron chi connectivity index (χ3n) is 5.81. The smallest absolute Gasteiger partial charge is 0.273 e. The topological polar surface area (TPSA) is 72.5 Å². The van der Waals surface area contributed by atoms with Crippen molar-refractivity contribution in [1.82, 2.24) is 24.1 Å². The Hall–Kier alpha value is -2.65. The van der Waals surface area contributed by atoms with Crippen LogP contribution in [0.1, 0.15) is 31.7 Å². The summed E-state index contributed by atoms with van der Waals surface area (Å²) < 4.78 is 4.24. The van der Waals surface area contributed by atoms with Gasteiger partial charge < -0.3 is 4.90 Å². The van der Waals surface area contributed by atoms with Crippen LogP contribution < -0.4 is 5.56 Å². The van der Waals surface area contributed by atoms with Crippen LogP contribution in [0, 0.1) is 0 Å². The number of rotatable bonds is 5. The monoisotopic (exact) mass is 453 g/mol. The van der Waals surface area contributed by atoms with Gasteiger partial charge in [-0.3, -0.25) is 18.6 Å². The first-order valence-electron chi connectivity index (χ1n) is 10.4. The fourth-order valence-electron chi connectivity index (χ4n) is 4.18. The molecule has 0 spiro atoms. The van der Waals surface area contributed by atoms with E-state index < -0.39 is 0 Å². The molecular formula is C22H23N5O2S2. The van der Waals surface area contributed by atoms with E-state index in [4.69, 9.17) is 0 Å². The number of hydrogen-bond acceptors (Lipinski definition) is 6. The lowest BCUT2D eigenvalue weighted by molar-refractivity contribution is -0.131. The van der Waals surface area contributed by atoms with Crippen molar-refractivity contribution in [3.05, 3.63) is 57.7 Å². The van der Waals surface area contributed by atoms with Crippen LogP contribution in [0.2, 0.25) is 0 Å². The molecule has 9 heteroatoms. The molecule has 0 aliphatic carbocycles. The number of carbonyl (C=O) groups excluding carboxylic acids is 1. The zero-order chi connectivity index (χ0) is 21.4. The van der Waals surface area contributed by atoms with Crippen molar-refractivity contribution in [3.63, 3.8) is 0 Å². The minimum absolute atomic E-state index is 0.0662. The molecule has 1 aromatic carbocycles. The van der Waals surface area contributed by atoms with Crippen molar-refractivity contribution >= 4 is 45.0 Å². The number of piperidine rings is 1. The lowest BCUT2D eigenvalue weighted by Crippen LogP contribution is -2.42. The normalized spacial score (nSPS) is 16.9. The molecule has 1 aliphatic rings. The van der Waals surface area contributed by atoms with Crippen molar-refractivity contribution in [3.8, 4) is 0 Å². The zero-order valence-electron chi connectivity index (χ0n) is 17.2. The standard InChI is InChI=1S/C22H23N5O2S2/c1-15-7-5-6-11-25(15)18(28)14-31-22-24-23-21-26(13-16-8-3-2-4-9-16)20(29)19-17(27(21)22)10-12-30-19/h2-4,8-10,12,15H,5-7,11,13-14H2,1H3. The predicted molar refractivity (Wildman–Crippen MR) is 124 cm³/mol. The number of thioether (sulfide) groups is 1. The van der Waals surface area contributed by atoms with E-state index >= 15 is 0 Å². The Morgan fingerprint density at radius 2 is 2.03 bits per heavy atom. The molecule has 1 unspecified atom stereocenters. The second kappa shape index (κ2) is 8.47. The lowest BCUT2D eigenvalue weighted by atomic mass is 10.0. The molecular weight excluding hydrogens is 430 g/mol. The van der Waals surface area contributed by atoms with Crippen LogP contribution in [-0.2, 0) is 11.3 Å². The van der Waals surface area contributed by atoms with E-state index in [0.29, 0.717) is 27.9 Å². The summed E-state index contributed by atoms with van der Waals surface area (Å²) in [6.07, 6.45) is 3.31. The van der Waals surface area contributed by atoms with Gasteiger partial charge in [-0.25, -0.2) is 0 Å². The Balaban J connectivity index is 1.50. The molecule has 160 valence electrons. The number of hydrogen-bond donors (Lipinski definition) is 0. The number of amides is 1. The number of fused-ring (bicyclic) bond motifs is 3. The van der Waals surface area contributed by atoms with E-state index in [2.05, 4.69) is 17.1 Å². The number of nitrogens with zero attached hydrogens (tertiary/aromatic N) is 5. The van der Waals surface area contributed by atoms with Crippen LogP contribution in [0.4, 0.5) is 0 Å². The Morgan fingerprint density at radius 1 is 1.19 bits per heavy atom. The Bertz CT molecular complexity index is 1290. The molecule has 0 saturated carbocycles. The summed E-state index contributed by atoms with van der Waals surface area (Å²) in [5.74, 6) is 0.948. The van der Waals surface area contributed by atoms with E-state index in [0.717, 1.165) is 30.5 Å². The Labute approximate surface area is 187 Å². The van der Waals surface area contributed by atoms with Gasteiger partial charge in [-0.2, -0.15) is 0 Å². The molecule has 3 aromatic heterocycles. The van der Waals surface area contributed by atoms with Gasteiger partial charge in [0.05, 0.1) is 17.8 Å². The lowest BCUT2D eigenvalue weighted by Gasteiger charge is -2.33. The molecule has 1 fully saturated rings. The quantitative estimate of drug-likeness (QED) is 0.432. The largest absolute Gasteiger partial charge is 0.339 e. The molecule has 1 aliphatic heterocycles. The van der Waals surface area contributed by atoms with Crippen LogP contribution in [-0.4, -0.2) is 48.3 Å². The fourth-order valence-corrected chi connectivity index (χ4v) is 5.83. The number of aromatic nitrogens is 4. The number of benzene rings is 1.